The lowest BCUT2D eigenvalue weighted by molar-refractivity contribution is -0.283. The molecule has 0 unspecified atom stereocenters. The molecule has 0 aromatic heterocycles. The van der Waals surface area contributed by atoms with Crippen molar-refractivity contribution in [2.75, 3.05) is 14.2 Å². The Hall–Kier alpha value is -1.54. The van der Waals surface area contributed by atoms with Crippen LogP contribution in [0.4, 0.5) is 0 Å². The second-order valence-corrected chi connectivity index (χ2v) is 13.1. The van der Waals surface area contributed by atoms with Gasteiger partial charge in [0.05, 0.1) is 6.10 Å². The third-order valence-electron chi connectivity index (χ3n) is 6.02. The van der Waals surface area contributed by atoms with Crippen LogP contribution in [0.15, 0.2) is 60.7 Å². The molecule has 0 saturated carbocycles. The smallest absolute Gasteiger partial charge is 0.261 e. The molecule has 5 nitrogen and oxygen atoms in total. The summed E-state index contributed by atoms with van der Waals surface area (Å²) >= 11 is 0. The van der Waals surface area contributed by atoms with Gasteiger partial charge in [0.15, 0.2) is 6.29 Å². The Kier molecular flexibility index (Phi) is 7.17. The molecule has 1 aliphatic rings. The number of benzene rings is 2. The van der Waals surface area contributed by atoms with Crippen molar-refractivity contribution in [1.82, 2.24) is 0 Å². The topological polar surface area (TPSA) is 57.2 Å². The van der Waals surface area contributed by atoms with Gasteiger partial charge in [0.25, 0.3) is 8.32 Å². The average Bonchev–Trinajstić information content (AvgIpc) is 2.72. The molecule has 2 aromatic carbocycles. The van der Waals surface area contributed by atoms with Crippen molar-refractivity contribution in [1.29, 1.82) is 0 Å². The Bertz CT molecular complexity index is 737. The molecule has 3 rings (SSSR count). The van der Waals surface area contributed by atoms with Gasteiger partial charge in [-0.2, -0.15) is 0 Å². The quantitative estimate of drug-likeness (QED) is 0.714. The number of hydrogen-bond donors (Lipinski definition) is 1. The minimum Gasteiger partial charge on any atom is -0.399 e. The molecule has 1 N–H and O–H groups in total. The first-order chi connectivity index (χ1) is 14.3. The van der Waals surface area contributed by atoms with Gasteiger partial charge in [-0.25, -0.2) is 0 Å². The van der Waals surface area contributed by atoms with Gasteiger partial charge < -0.3 is 23.7 Å². The normalized spacial score (nSPS) is 27.8. The Balaban J connectivity index is 2.22. The summed E-state index contributed by atoms with van der Waals surface area (Å²) in [4.78, 5) is 0. The van der Waals surface area contributed by atoms with E-state index in [2.05, 4.69) is 69.3 Å². The van der Waals surface area contributed by atoms with Gasteiger partial charge in [0, 0.05) is 14.2 Å². The maximum absolute atomic E-state index is 10.6. The van der Waals surface area contributed by atoms with E-state index in [9.17, 15) is 5.11 Å². The van der Waals surface area contributed by atoms with Gasteiger partial charge in [-0.05, 0) is 22.3 Å². The Morgan fingerprint density at radius 3 is 1.67 bits per heavy atom. The lowest BCUT2D eigenvalue weighted by Crippen LogP contribution is -2.72. The Labute approximate surface area is 181 Å². The molecular weight excluding hydrogens is 396 g/mol. The number of hydrogen-bond acceptors (Lipinski definition) is 5. The van der Waals surface area contributed by atoms with E-state index in [1.54, 1.807) is 14.2 Å². The lowest BCUT2D eigenvalue weighted by Gasteiger charge is -2.50. The van der Waals surface area contributed by atoms with Crippen molar-refractivity contribution >= 4 is 18.7 Å². The zero-order chi connectivity index (χ0) is 21.9. The number of ether oxygens (including phenoxy) is 3. The SMILES string of the molecule is CO[C@@H]1[C@@H](O[Si](c2ccccc2)(c2ccccc2)C(C)(C)C)[C@@H](OC)[C@H](O)O[C@H]1C. The van der Waals surface area contributed by atoms with Gasteiger partial charge in [0.1, 0.15) is 18.3 Å². The number of aliphatic hydroxyl groups excluding tert-OH is 1. The van der Waals surface area contributed by atoms with Crippen molar-refractivity contribution in [2.45, 2.75) is 63.4 Å². The molecule has 0 aliphatic carbocycles. The fourth-order valence-electron chi connectivity index (χ4n) is 4.60. The Morgan fingerprint density at radius 1 is 0.800 bits per heavy atom. The molecule has 1 heterocycles. The largest absolute Gasteiger partial charge is 0.399 e. The fourth-order valence-corrected chi connectivity index (χ4v) is 9.29. The summed E-state index contributed by atoms with van der Waals surface area (Å²) in [6.07, 6.45) is -2.95. The summed E-state index contributed by atoms with van der Waals surface area (Å²) in [7, 11) is 0.382. The second kappa shape index (κ2) is 9.30. The van der Waals surface area contributed by atoms with E-state index in [-0.39, 0.29) is 17.2 Å². The summed E-state index contributed by atoms with van der Waals surface area (Å²) in [6, 6.07) is 20.8. The van der Waals surface area contributed by atoms with Crippen LogP contribution in [0.3, 0.4) is 0 Å². The number of rotatable bonds is 6. The van der Waals surface area contributed by atoms with Gasteiger partial charge in [-0.3, -0.25) is 0 Å². The van der Waals surface area contributed by atoms with E-state index < -0.39 is 26.8 Å². The van der Waals surface area contributed by atoms with Crippen LogP contribution in [0.2, 0.25) is 5.04 Å². The van der Waals surface area contributed by atoms with E-state index >= 15 is 0 Å². The van der Waals surface area contributed by atoms with E-state index in [1.807, 2.05) is 19.1 Å². The highest BCUT2D eigenvalue weighted by Crippen LogP contribution is 2.40. The molecular formula is C24H34O5Si. The zero-order valence-corrected chi connectivity index (χ0v) is 19.7. The van der Waals surface area contributed by atoms with E-state index in [4.69, 9.17) is 18.6 Å². The molecule has 30 heavy (non-hydrogen) atoms. The summed E-state index contributed by atoms with van der Waals surface area (Å²) in [5.74, 6) is 0. The fraction of sp³-hybridized carbons (Fsp3) is 0.500. The van der Waals surface area contributed by atoms with Gasteiger partial charge in [-0.1, -0.05) is 81.4 Å². The van der Waals surface area contributed by atoms with Crippen molar-refractivity contribution in [3.05, 3.63) is 60.7 Å². The van der Waals surface area contributed by atoms with Crippen LogP contribution in [0.1, 0.15) is 27.7 Å². The molecule has 2 aromatic rings. The predicted octanol–water partition coefficient (Wildman–Crippen LogP) is 2.70. The van der Waals surface area contributed by atoms with Crippen LogP contribution < -0.4 is 10.4 Å². The third-order valence-corrected chi connectivity index (χ3v) is 11.1. The number of aliphatic hydroxyl groups is 1. The van der Waals surface area contributed by atoms with Gasteiger partial charge >= 0.3 is 0 Å². The molecule has 0 spiro atoms. The maximum atomic E-state index is 10.6. The van der Waals surface area contributed by atoms with E-state index in [0.717, 1.165) is 0 Å². The van der Waals surface area contributed by atoms with Crippen molar-refractivity contribution in [3.8, 4) is 0 Å². The highest BCUT2D eigenvalue weighted by atomic mass is 28.4. The first-order valence-electron chi connectivity index (χ1n) is 10.4. The molecule has 5 atom stereocenters. The average molecular weight is 431 g/mol. The molecule has 164 valence electrons. The van der Waals surface area contributed by atoms with Gasteiger partial charge in [-0.15, -0.1) is 0 Å². The van der Waals surface area contributed by atoms with Crippen LogP contribution in [0.25, 0.3) is 0 Å². The van der Waals surface area contributed by atoms with E-state index in [0.29, 0.717) is 0 Å². The lowest BCUT2D eigenvalue weighted by atomic mass is 10.00. The highest BCUT2D eigenvalue weighted by Gasteiger charge is 2.56. The predicted molar refractivity (Wildman–Crippen MR) is 121 cm³/mol. The summed E-state index contributed by atoms with van der Waals surface area (Å²) in [6.45, 7) is 8.57. The molecule has 6 heteroatoms. The maximum Gasteiger partial charge on any atom is 0.261 e. The van der Waals surface area contributed by atoms with Crippen LogP contribution in [0.5, 0.6) is 0 Å². The standard InChI is InChI=1S/C24H34O5Si/c1-17-20(26-5)21(22(27-6)23(25)28-17)29-30(24(2,3)4,18-13-9-7-10-14-18)19-15-11-8-12-16-19/h7-17,20-23,25H,1-6H3/t17-,20-,21+,22+,23+/m0/s1. The first kappa shape index (κ1) is 23.1. The van der Waals surface area contributed by atoms with Gasteiger partial charge in [0.2, 0.25) is 0 Å². The second-order valence-electron chi connectivity index (χ2n) is 8.88. The minimum absolute atomic E-state index is 0.196. The third kappa shape index (κ3) is 4.13. The van der Waals surface area contributed by atoms with Crippen molar-refractivity contribution in [3.63, 3.8) is 0 Å². The minimum atomic E-state index is -2.84. The molecule has 0 amide bonds. The molecule has 1 fully saturated rings. The summed E-state index contributed by atoms with van der Waals surface area (Å²) in [5, 5.41) is 12.7. The van der Waals surface area contributed by atoms with Crippen LogP contribution in [-0.2, 0) is 18.6 Å². The molecule has 1 saturated heterocycles. The van der Waals surface area contributed by atoms with Crippen molar-refractivity contribution in [2.24, 2.45) is 0 Å². The highest BCUT2D eigenvalue weighted by molar-refractivity contribution is 6.99. The first-order valence-corrected chi connectivity index (χ1v) is 12.3. The van der Waals surface area contributed by atoms with Crippen LogP contribution in [-0.4, -0.2) is 58.3 Å². The van der Waals surface area contributed by atoms with Crippen molar-refractivity contribution < 1.29 is 23.7 Å². The summed E-state index contributed by atoms with van der Waals surface area (Å²) < 4.78 is 24.4. The monoisotopic (exact) mass is 430 g/mol. The van der Waals surface area contributed by atoms with Crippen LogP contribution >= 0.6 is 0 Å². The molecule has 0 bridgehead atoms. The number of methoxy groups -OCH3 is 2. The molecule has 0 radical (unpaired) electrons. The summed E-state index contributed by atoms with van der Waals surface area (Å²) in [5.41, 5.74) is 0. The molecule has 1 aliphatic heterocycles. The zero-order valence-electron chi connectivity index (χ0n) is 18.7. The van der Waals surface area contributed by atoms with Crippen LogP contribution in [0, 0.1) is 0 Å². The van der Waals surface area contributed by atoms with E-state index in [1.165, 1.54) is 10.4 Å². The Morgan fingerprint density at radius 2 is 1.27 bits per heavy atom.